The van der Waals surface area contributed by atoms with Gasteiger partial charge in [0.25, 0.3) is 0 Å². The van der Waals surface area contributed by atoms with E-state index in [4.69, 9.17) is 0 Å². The van der Waals surface area contributed by atoms with Gasteiger partial charge in [-0.05, 0) is 42.5 Å². The van der Waals surface area contributed by atoms with E-state index < -0.39 is 0 Å². The maximum absolute atomic E-state index is 4.34. The molecule has 1 fully saturated rings. The quantitative estimate of drug-likeness (QED) is 0.756. The summed E-state index contributed by atoms with van der Waals surface area (Å²) in [6, 6.07) is 15.6. The van der Waals surface area contributed by atoms with Crippen LogP contribution >= 0.6 is 0 Å². The van der Waals surface area contributed by atoms with E-state index in [9.17, 15) is 0 Å². The lowest BCUT2D eigenvalue weighted by atomic mass is 10.00. The molecule has 1 saturated heterocycles. The molecule has 0 amide bonds. The van der Waals surface area contributed by atoms with Crippen LogP contribution in [0.5, 0.6) is 0 Å². The first-order chi connectivity index (χ1) is 12.0. The fraction of sp³-hybridized carbons (Fsp3) is 0.391. The highest BCUT2D eigenvalue weighted by Crippen LogP contribution is 2.28. The zero-order chi connectivity index (χ0) is 18.0. The van der Waals surface area contributed by atoms with Crippen molar-refractivity contribution in [2.75, 3.05) is 31.1 Å². The van der Waals surface area contributed by atoms with Gasteiger partial charge < -0.3 is 9.80 Å². The van der Waals surface area contributed by atoms with Crippen LogP contribution in [0.25, 0.3) is 5.70 Å². The summed E-state index contributed by atoms with van der Waals surface area (Å²) in [6.07, 6.45) is 0. The Morgan fingerprint density at radius 2 is 1.56 bits per heavy atom. The Bertz CT molecular complexity index is 735. The van der Waals surface area contributed by atoms with Crippen LogP contribution in [-0.4, -0.2) is 31.1 Å². The van der Waals surface area contributed by atoms with E-state index in [2.05, 4.69) is 86.5 Å². The Morgan fingerprint density at radius 3 is 2.16 bits per heavy atom. The van der Waals surface area contributed by atoms with Gasteiger partial charge in [-0.1, -0.05) is 62.4 Å². The molecule has 0 unspecified atom stereocenters. The van der Waals surface area contributed by atoms with Crippen LogP contribution in [0.1, 0.15) is 42.0 Å². The molecule has 0 atom stereocenters. The van der Waals surface area contributed by atoms with Crippen LogP contribution < -0.4 is 4.90 Å². The lowest BCUT2D eigenvalue weighted by Crippen LogP contribution is -2.45. The van der Waals surface area contributed by atoms with Gasteiger partial charge in [-0.25, -0.2) is 0 Å². The van der Waals surface area contributed by atoms with Crippen LogP contribution in [0.15, 0.2) is 49.0 Å². The van der Waals surface area contributed by atoms with Crippen molar-refractivity contribution in [3.8, 4) is 0 Å². The number of aryl methyl sites for hydroxylation is 2. The molecular formula is C23H30N2. The number of piperazine rings is 1. The summed E-state index contributed by atoms with van der Waals surface area (Å²) in [5.74, 6) is 0.571. The molecular weight excluding hydrogens is 304 g/mol. The standard InChI is InChI=1S/C23H30N2/c1-17(2)22-11-8-19(4)23(16-22)25-14-12-24(13-15-25)20(5)21-9-6-18(3)7-10-21/h6-11,16-17H,5,12-15H2,1-4H3. The fourth-order valence-electron chi connectivity index (χ4n) is 3.47. The lowest BCUT2D eigenvalue weighted by molar-refractivity contribution is 0.368. The minimum atomic E-state index is 0.571. The maximum atomic E-state index is 4.34. The Labute approximate surface area is 152 Å². The topological polar surface area (TPSA) is 6.48 Å². The van der Waals surface area contributed by atoms with Crippen LogP contribution in [-0.2, 0) is 0 Å². The Kier molecular flexibility index (Phi) is 5.17. The molecule has 1 aliphatic rings. The molecule has 2 aromatic rings. The second-order valence-electron chi connectivity index (χ2n) is 7.49. The first kappa shape index (κ1) is 17.6. The van der Waals surface area contributed by atoms with Crippen molar-refractivity contribution in [3.05, 3.63) is 71.3 Å². The summed E-state index contributed by atoms with van der Waals surface area (Å²) in [6.45, 7) is 17.4. The molecule has 2 aromatic carbocycles. The molecule has 132 valence electrons. The molecule has 0 aromatic heterocycles. The largest absolute Gasteiger partial charge is 0.368 e. The van der Waals surface area contributed by atoms with Gasteiger partial charge in [-0.15, -0.1) is 0 Å². The average molecular weight is 335 g/mol. The second kappa shape index (κ2) is 7.35. The van der Waals surface area contributed by atoms with E-state index in [1.165, 1.54) is 27.9 Å². The van der Waals surface area contributed by atoms with E-state index in [-0.39, 0.29) is 0 Å². The summed E-state index contributed by atoms with van der Waals surface area (Å²) >= 11 is 0. The predicted octanol–water partition coefficient (Wildman–Crippen LogP) is 5.22. The molecule has 0 radical (unpaired) electrons. The van der Waals surface area contributed by atoms with Gasteiger partial charge in [0, 0.05) is 37.6 Å². The lowest BCUT2D eigenvalue weighted by Gasteiger charge is -2.39. The van der Waals surface area contributed by atoms with Crippen molar-refractivity contribution in [1.29, 1.82) is 0 Å². The van der Waals surface area contributed by atoms with E-state index in [1.54, 1.807) is 0 Å². The minimum absolute atomic E-state index is 0.571. The monoisotopic (exact) mass is 334 g/mol. The number of benzene rings is 2. The molecule has 1 aliphatic heterocycles. The SMILES string of the molecule is C=C(c1ccc(C)cc1)N1CCN(c2cc(C(C)C)ccc2C)CC1. The highest BCUT2D eigenvalue weighted by molar-refractivity contribution is 5.63. The van der Waals surface area contributed by atoms with Crippen LogP contribution in [0, 0.1) is 13.8 Å². The summed E-state index contributed by atoms with van der Waals surface area (Å²) in [7, 11) is 0. The normalized spacial score (nSPS) is 14.9. The second-order valence-corrected chi connectivity index (χ2v) is 7.49. The third-order valence-corrected chi connectivity index (χ3v) is 5.29. The van der Waals surface area contributed by atoms with E-state index in [0.29, 0.717) is 5.92 Å². The predicted molar refractivity (Wildman–Crippen MR) is 109 cm³/mol. The Hall–Kier alpha value is -2.22. The van der Waals surface area contributed by atoms with Gasteiger partial charge in [-0.3, -0.25) is 0 Å². The summed E-state index contributed by atoms with van der Waals surface area (Å²) in [4.78, 5) is 4.95. The van der Waals surface area contributed by atoms with E-state index in [0.717, 1.165) is 31.9 Å². The number of rotatable bonds is 4. The third kappa shape index (κ3) is 3.89. The van der Waals surface area contributed by atoms with Gasteiger partial charge in [0.2, 0.25) is 0 Å². The van der Waals surface area contributed by atoms with Crippen molar-refractivity contribution in [3.63, 3.8) is 0 Å². The fourth-order valence-corrected chi connectivity index (χ4v) is 3.47. The van der Waals surface area contributed by atoms with Crippen molar-refractivity contribution >= 4 is 11.4 Å². The van der Waals surface area contributed by atoms with Gasteiger partial charge in [0.1, 0.15) is 0 Å². The van der Waals surface area contributed by atoms with Gasteiger partial charge in [-0.2, -0.15) is 0 Å². The first-order valence-corrected chi connectivity index (χ1v) is 9.32. The van der Waals surface area contributed by atoms with Gasteiger partial charge in [0.05, 0.1) is 0 Å². The number of hydrogen-bond donors (Lipinski definition) is 0. The third-order valence-electron chi connectivity index (χ3n) is 5.29. The molecule has 3 rings (SSSR count). The zero-order valence-electron chi connectivity index (χ0n) is 16.0. The zero-order valence-corrected chi connectivity index (χ0v) is 16.0. The molecule has 25 heavy (non-hydrogen) atoms. The molecule has 0 saturated carbocycles. The maximum Gasteiger partial charge on any atom is 0.0400 e. The number of hydrogen-bond acceptors (Lipinski definition) is 2. The van der Waals surface area contributed by atoms with Crippen molar-refractivity contribution in [1.82, 2.24) is 4.90 Å². The molecule has 0 spiro atoms. The minimum Gasteiger partial charge on any atom is -0.368 e. The van der Waals surface area contributed by atoms with Gasteiger partial charge >= 0.3 is 0 Å². The molecule has 0 bridgehead atoms. The van der Waals surface area contributed by atoms with Gasteiger partial charge in [0.15, 0.2) is 0 Å². The summed E-state index contributed by atoms with van der Waals surface area (Å²) < 4.78 is 0. The Morgan fingerprint density at radius 1 is 0.920 bits per heavy atom. The molecule has 0 aliphatic carbocycles. The average Bonchev–Trinajstić information content (AvgIpc) is 2.62. The van der Waals surface area contributed by atoms with Crippen LogP contribution in [0.2, 0.25) is 0 Å². The molecule has 2 nitrogen and oxygen atoms in total. The van der Waals surface area contributed by atoms with E-state index in [1.807, 2.05) is 0 Å². The molecule has 2 heteroatoms. The van der Waals surface area contributed by atoms with Crippen molar-refractivity contribution in [2.24, 2.45) is 0 Å². The highest BCUT2D eigenvalue weighted by atomic mass is 15.3. The Balaban J connectivity index is 1.68. The van der Waals surface area contributed by atoms with Crippen molar-refractivity contribution in [2.45, 2.75) is 33.6 Å². The van der Waals surface area contributed by atoms with E-state index >= 15 is 0 Å². The number of nitrogens with zero attached hydrogens (tertiary/aromatic N) is 2. The smallest absolute Gasteiger partial charge is 0.0400 e. The van der Waals surface area contributed by atoms with Crippen LogP contribution in [0.3, 0.4) is 0 Å². The molecule has 1 heterocycles. The number of anilines is 1. The summed E-state index contributed by atoms with van der Waals surface area (Å²) in [5, 5.41) is 0. The summed E-state index contributed by atoms with van der Waals surface area (Å²) in [5.41, 5.74) is 7.86. The van der Waals surface area contributed by atoms with Crippen LogP contribution in [0.4, 0.5) is 5.69 Å². The molecule has 0 N–H and O–H groups in total. The highest BCUT2D eigenvalue weighted by Gasteiger charge is 2.20. The first-order valence-electron chi connectivity index (χ1n) is 9.32. The van der Waals surface area contributed by atoms with Crippen molar-refractivity contribution < 1.29 is 0 Å².